The highest BCUT2D eigenvalue weighted by molar-refractivity contribution is 6.22. The van der Waals surface area contributed by atoms with Crippen LogP contribution in [0.4, 0.5) is 0 Å². The fraction of sp³-hybridized carbons (Fsp3) is 0.0889. The normalized spacial score (nSPS) is 13.6. The van der Waals surface area contributed by atoms with Gasteiger partial charge in [0, 0.05) is 51.8 Å². The number of aromatic amines is 2. The summed E-state index contributed by atoms with van der Waals surface area (Å²) in [6.45, 7) is 3.65. The highest BCUT2D eigenvalue weighted by Gasteiger charge is 2.35. The quantitative estimate of drug-likeness (QED) is 0.185. The Bertz CT molecular complexity index is 2470. The Morgan fingerprint density at radius 2 is 1.18 bits per heavy atom. The zero-order valence-corrected chi connectivity index (χ0v) is 27.5. The minimum absolute atomic E-state index is 0.0647. The van der Waals surface area contributed by atoms with Crippen molar-refractivity contribution in [3.05, 3.63) is 174 Å². The van der Waals surface area contributed by atoms with Crippen LogP contribution in [0, 0.1) is 0 Å². The molecular weight excluding hydrogens is 601 g/mol. The third kappa shape index (κ3) is 5.32. The van der Waals surface area contributed by atoms with Gasteiger partial charge in [0.15, 0.2) is 0 Å². The molecule has 0 saturated carbocycles. The Labute approximate surface area is 285 Å². The second kappa shape index (κ2) is 12.8. The SMILES string of the molecule is C1=C(c2ccccc2)c2c(c(-c3ccccc3)c3[nH]c4ccccc4c3c2-c2ccccc2)[C@H]1c1c[nH]c2ccccc12.CCOC(C)=O. The number of allylic oxidation sites excluding steroid dienone is 1. The summed E-state index contributed by atoms with van der Waals surface area (Å²) in [5.41, 5.74) is 15.0. The van der Waals surface area contributed by atoms with Crippen LogP contribution in [0.5, 0.6) is 0 Å². The molecule has 2 heterocycles. The van der Waals surface area contributed by atoms with Crippen molar-refractivity contribution >= 4 is 44.3 Å². The average molecular weight is 637 g/mol. The van der Waals surface area contributed by atoms with Gasteiger partial charge in [0.2, 0.25) is 0 Å². The van der Waals surface area contributed by atoms with Gasteiger partial charge in [0.25, 0.3) is 0 Å². The highest BCUT2D eigenvalue weighted by atomic mass is 16.5. The van der Waals surface area contributed by atoms with E-state index in [0.717, 1.165) is 11.0 Å². The number of aromatic nitrogens is 2. The van der Waals surface area contributed by atoms with Crippen LogP contribution in [0.15, 0.2) is 152 Å². The molecule has 0 saturated heterocycles. The van der Waals surface area contributed by atoms with Gasteiger partial charge in [0.1, 0.15) is 0 Å². The van der Waals surface area contributed by atoms with Gasteiger partial charge < -0.3 is 14.7 Å². The minimum atomic E-state index is -0.211. The lowest BCUT2D eigenvalue weighted by molar-refractivity contribution is -0.140. The summed E-state index contributed by atoms with van der Waals surface area (Å²) in [5.74, 6) is -0.146. The molecule has 238 valence electrons. The molecule has 1 atom stereocenters. The van der Waals surface area contributed by atoms with E-state index in [-0.39, 0.29) is 11.9 Å². The topological polar surface area (TPSA) is 57.9 Å². The zero-order valence-electron chi connectivity index (χ0n) is 27.5. The average Bonchev–Trinajstić information content (AvgIpc) is 3.86. The van der Waals surface area contributed by atoms with Gasteiger partial charge in [-0.3, -0.25) is 4.79 Å². The predicted molar refractivity (Wildman–Crippen MR) is 203 cm³/mol. The fourth-order valence-electron chi connectivity index (χ4n) is 7.49. The summed E-state index contributed by atoms with van der Waals surface area (Å²) >= 11 is 0. The molecule has 0 unspecified atom stereocenters. The van der Waals surface area contributed by atoms with E-state index in [1.54, 1.807) is 6.92 Å². The third-order valence-electron chi connectivity index (χ3n) is 9.42. The predicted octanol–water partition coefficient (Wildman–Crippen LogP) is 11.3. The number of ether oxygens (including phenoxy) is 1. The minimum Gasteiger partial charge on any atom is -0.466 e. The molecule has 6 aromatic carbocycles. The Morgan fingerprint density at radius 3 is 1.80 bits per heavy atom. The Balaban J connectivity index is 0.000000536. The molecule has 0 radical (unpaired) electrons. The van der Waals surface area contributed by atoms with Crippen LogP contribution >= 0.6 is 0 Å². The molecule has 2 aromatic heterocycles. The summed E-state index contributed by atoms with van der Waals surface area (Å²) in [7, 11) is 0. The lowest BCUT2D eigenvalue weighted by Crippen LogP contribution is -2.02. The number of carbonyl (C=O) groups excluding carboxylic acids is 1. The molecular formula is C45H36N2O2. The fourth-order valence-corrected chi connectivity index (χ4v) is 7.49. The smallest absolute Gasteiger partial charge is 0.302 e. The molecule has 4 heteroatoms. The number of hydrogen-bond donors (Lipinski definition) is 2. The molecule has 4 nitrogen and oxygen atoms in total. The van der Waals surface area contributed by atoms with E-state index >= 15 is 0 Å². The molecule has 0 bridgehead atoms. The van der Waals surface area contributed by atoms with E-state index in [2.05, 4.69) is 167 Å². The van der Waals surface area contributed by atoms with E-state index < -0.39 is 0 Å². The molecule has 0 spiro atoms. The van der Waals surface area contributed by atoms with Crippen LogP contribution < -0.4 is 0 Å². The molecule has 0 amide bonds. The molecule has 1 aliphatic carbocycles. The van der Waals surface area contributed by atoms with Gasteiger partial charge in [-0.1, -0.05) is 133 Å². The van der Waals surface area contributed by atoms with Crippen LogP contribution in [0.3, 0.4) is 0 Å². The lowest BCUT2D eigenvalue weighted by atomic mass is 9.80. The first-order valence-electron chi connectivity index (χ1n) is 16.8. The number of carbonyl (C=O) groups is 1. The molecule has 8 aromatic rings. The first-order valence-corrected chi connectivity index (χ1v) is 16.8. The number of hydrogen-bond acceptors (Lipinski definition) is 2. The van der Waals surface area contributed by atoms with E-state index in [4.69, 9.17) is 0 Å². The van der Waals surface area contributed by atoms with Gasteiger partial charge in [-0.25, -0.2) is 0 Å². The Kier molecular flexibility index (Phi) is 7.90. The van der Waals surface area contributed by atoms with Crippen molar-refractivity contribution in [3.63, 3.8) is 0 Å². The van der Waals surface area contributed by atoms with Crippen LogP contribution in [0.1, 0.15) is 42.0 Å². The molecule has 0 aliphatic heterocycles. The van der Waals surface area contributed by atoms with Crippen molar-refractivity contribution in [1.29, 1.82) is 0 Å². The van der Waals surface area contributed by atoms with Gasteiger partial charge in [-0.2, -0.15) is 0 Å². The van der Waals surface area contributed by atoms with E-state index in [1.807, 2.05) is 0 Å². The Hall–Kier alpha value is -6.13. The summed E-state index contributed by atoms with van der Waals surface area (Å²) in [5, 5.41) is 3.79. The molecule has 1 aliphatic rings. The first-order chi connectivity index (χ1) is 24.1. The third-order valence-corrected chi connectivity index (χ3v) is 9.42. The number of H-pyrrole nitrogens is 2. The van der Waals surface area contributed by atoms with E-state index in [0.29, 0.717) is 6.61 Å². The summed E-state index contributed by atoms with van der Waals surface area (Å²) in [4.78, 5) is 17.3. The number of rotatable bonds is 5. The number of fused-ring (bicyclic) bond motifs is 5. The monoisotopic (exact) mass is 636 g/mol. The maximum absolute atomic E-state index is 9.82. The van der Waals surface area contributed by atoms with Gasteiger partial charge >= 0.3 is 5.97 Å². The number of nitrogens with one attached hydrogen (secondary N) is 2. The van der Waals surface area contributed by atoms with Crippen molar-refractivity contribution in [2.75, 3.05) is 6.61 Å². The number of esters is 1. The maximum Gasteiger partial charge on any atom is 0.302 e. The molecule has 9 rings (SSSR count). The lowest BCUT2D eigenvalue weighted by Gasteiger charge is -2.22. The maximum atomic E-state index is 9.82. The van der Waals surface area contributed by atoms with Crippen molar-refractivity contribution in [2.24, 2.45) is 0 Å². The molecule has 49 heavy (non-hydrogen) atoms. The van der Waals surface area contributed by atoms with E-state index in [1.165, 1.54) is 78.7 Å². The van der Waals surface area contributed by atoms with Crippen molar-refractivity contribution in [1.82, 2.24) is 9.97 Å². The van der Waals surface area contributed by atoms with Gasteiger partial charge in [-0.05, 0) is 63.6 Å². The number of benzene rings is 6. The van der Waals surface area contributed by atoms with E-state index in [9.17, 15) is 4.79 Å². The summed E-state index contributed by atoms with van der Waals surface area (Å²) in [6.07, 6.45) is 4.73. The molecule has 2 N–H and O–H groups in total. The second-order valence-corrected chi connectivity index (χ2v) is 12.3. The zero-order chi connectivity index (χ0) is 33.3. The van der Waals surface area contributed by atoms with Crippen molar-refractivity contribution in [2.45, 2.75) is 19.8 Å². The summed E-state index contributed by atoms with van der Waals surface area (Å²) < 4.78 is 4.40. The Morgan fingerprint density at radius 1 is 0.633 bits per heavy atom. The second-order valence-electron chi connectivity index (χ2n) is 12.3. The standard InChI is InChI=1S/C41H28N2.C4H8O2/c1-4-14-26(15-5-1)31-24-32(33-25-42-34-22-12-10-20-29(33)34)39-37(28-18-8-3-9-19-28)41-40(30-21-11-13-23-35(30)43-41)36(38(31)39)27-16-6-2-7-17-27;1-3-6-4(2)5/h1-25,32,42-43H;3H2,1-2H3/t32-;/m1./s1. The van der Waals surface area contributed by atoms with Crippen LogP contribution in [-0.4, -0.2) is 22.5 Å². The molecule has 0 fully saturated rings. The van der Waals surface area contributed by atoms with Crippen LogP contribution in [0.2, 0.25) is 0 Å². The first kappa shape index (κ1) is 30.2. The van der Waals surface area contributed by atoms with Crippen molar-refractivity contribution < 1.29 is 9.53 Å². The van der Waals surface area contributed by atoms with Gasteiger partial charge in [-0.15, -0.1) is 0 Å². The summed E-state index contributed by atoms with van der Waals surface area (Å²) in [6, 6.07) is 50.2. The van der Waals surface area contributed by atoms with Gasteiger partial charge in [0.05, 0.1) is 12.1 Å². The van der Waals surface area contributed by atoms with Crippen LogP contribution in [-0.2, 0) is 9.53 Å². The highest BCUT2D eigenvalue weighted by Crippen LogP contribution is 2.55. The largest absolute Gasteiger partial charge is 0.466 e. The van der Waals surface area contributed by atoms with Crippen LogP contribution in [0.25, 0.3) is 60.5 Å². The number of para-hydroxylation sites is 2. The van der Waals surface area contributed by atoms with Crippen molar-refractivity contribution in [3.8, 4) is 22.3 Å².